The van der Waals surface area contributed by atoms with Crippen molar-refractivity contribution in [3.8, 4) is 17.2 Å². The number of ether oxygens (including phenoxy) is 3. The molecule has 0 N–H and O–H groups in total. The van der Waals surface area contributed by atoms with Crippen LogP contribution < -0.4 is 19.1 Å². The number of imide groups is 1. The molecule has 2 aliphatic rings. The molecule has 3 aromatic rings. The van der Waals surface area contributed by atoms with Crippen molar-refractivity contribution in [2.75, 3.05) is 26.2 Å². The second kappa shape index (κ2) is 10.9. The van der Waals surface area contributed by atoms with E-state index in [1.807, 2.05) is 42.5 Å². The summed E-state index contributed by atoms with van der Waals surface area (Å²) in [4.78, 5) is 46.3. The molecule has 2 heterocycles. The topological polar surface area (TPSA) is 110 Å². The van der Waals surface area contributed by atoms with E-state index >= 15 is 0 Å². The number of rotatable bonds is 7. The van der Waals surface area contributed by atoms with Crippen LogP contribution in [-0.4, -0.2) is 55.6 Å². The van der Waals surface area contributed by atoms with Crippen LogP contribution in [0, 0.1) is 0 Å². The van der Waals surface area contributed by atoms with Gasteiger partial charge in [-0.2, -0.15) is 10.1 Å². The molecule has 0 aromatic heterocycles. The fourth-order valence-corrected chi connectivity index (χ4v) is 4.43. The number of anilines is 1. The first kappa shape index (κ1) is 26.4. The molecule has 202 valence electrons. The van der Waals surface area contributed by atoms with E-state index in [4.69, 9.17) is 14.2 Å². The largest absolute Gasteiger partial charge is 0.497 e. The molecule has 3 aromatic carbocycles. The van der Waals surface area contributed by atoms with E-state index in [1.165, 1.54) is 31.3 Å². The highest BCUT2D eigenvalue weighted by molar-refractivity contribution is 6.34. The van der Waals surface area contributed by atoms with Gasteiger partial charge in [0.1, 0.15) is 17.3 Å². The smallest absolute Gasteiger partial charge is 0.283 e. The number of hydrogen-bond donors (Lipinski definition) is 0. The number of hydrogen-bond acceptors (Lipinski definition) is 8. The lowest BCUT2D eigenvalue weighted by Crippen LogP contribution is -2.36. The Labute approximate surface area is 230 Å². The molecule has 2 aliphatic heterocycles. The summed E-state index contributed by atoms with van der Waals surface area (Å²) >= 11 is 0. The van der Waals surface area contributed by atoms with Gasteiger partial charge in [0.25, 0.3) is 17.7 Å². The Morgan fingerprint density at radius 2 is 1.57 bits per heavy atom. The fraction of sp³-hybridized carbons (Fsp3) is 0.167. The molecule has 0 spiro atoms. The number of carbonyl (C=O) groups is 3. The van der Waals surface area contributed by atoms with Gasteiger partial charge >= 0.3 is 0 Å². The maximum atomic E-state index is 14.0. The number of benzene rings is 3. The van der Waals surface area contributed by atoms with E-state index in [0.29, 0.717) is 22.9 Å². The van der Waals surface area contributed by atoms with Crippen LogP contribution in [0.2, 0.25) is 0 Å². The average Bonchev–Trinajstić information content (AvgIpc) is 3.49. The maximum Gasteiger partial charge on any atom is 0.283 e. The molecular weight excluding hydrogens is 512 g/mol. The van der Waals surface area contributed by atoms with Crippen molar-refractivity contribution < 1.29 is 28.6 Å². The molecule has 5 rings (SSSR count). The van der Waals surface area contributed by atoms with Crippen molar-refractivity contribution >= 4 is 41.0 Å². The molecule has 10 heteroatoms. The van der Waals surface area contributed by atoms with Gasteiger partial charge in [0, 0.05) is 17.3 Å². The Hall–Kier alpha value is -5.25. The van der Waals surface area contributed by atoms with Crippen molar-refractivity contribution in [1.82, 2.24) is 5.01 Å². The van der Waals surface area contributed by atoms with Gasteiger partial charge in [-0.1, -0.05) is 42.5 Å². The number of methoxy groups -OCH3 is 3. The van der Waals surface area contributed by atoms with Gasteiger partial charge in [-0.25, -0.2) is 4.99 Å². The minimum atomic E-state index is -0.703. The van der Waals surface area contributed by atoms with E-state index < -0.39 is 17.7 Å². The lowest BCUT2D eigenvalue weighted by molar-refractivity contribution is -0.126. The van der Waals surface area contributed by atoms with E-state index in [2.05, 4.69) is 10.1 Å². The standard InChI is InChI=1S/C30H26N4O6/c1-18-14-27(35)34(32-18)29(36)22-16-25(39-3)26(40-4)17-24(22)33-28(20-8-6-5-7-9-20)31-23(30(33)37)15-19-10-12-21(38-2)13-11-19/h5-13,15-17H,14H2,1-4H3/b23-15-. The molecule has 0 radical (unpaired) electrons. The van der Waals surface area contributed by atoms with Gasteiger partial charge in [0.05, 0.1) is 39.0 Å². The number of nitrogens with zero attached hydrogens (tertiary/aromatic N) is 4. The summed E-state index contributed by atoms with van der Waals surface area (Å²) in [6.07, 6.45) is 1.69. The van der Waals surface area contributed by atoms with Gasteiger partial charge in [-0.3, -0.25) is 19.3 Å². The molecule has 0 saturated heterocycles. The summed E-state index contributed by atoms with van der Waals surface area (Å²) < 4.78 is 16.2. The zero-order valence-corrected chi connectivity index (χ0v) is 22.4. The zero-order valence-electron chi connectivity index (χ0n) is 22.4. The predicted octanol–water partition coefficient (Wildman–Crippen LogP) is 4.30. The van der Waals surface area contributed by atoms with Crippen LogP contribution in [-0.2, 0) is 9.59 Å². The molecule has 0 atom stereocenters. The second-order valence-corrected chi connectivity index (χ2v) is 8.99. The third kappa shape index (κ3) is 4.82. The van der Waals surface area contributed by atoms with Crippen LogP contribution >= 0.6 is 0 Å². The summed E-state index contributed by atoms with van der Waals surface area (Å²) in [5.74, 6) is -0.117. The van der Waals surface area contributed by atoms with Crippen LogP contribution in [0.1, 0.15) is 34.8 Å². The van der Waals surface area contributed by atoms with Gasteiger partial charge in [-0.15, -0.1) is 0 Å². The highest BCUT2D eigenvalue weighted by atomic mass is 16.5. The van der Waals surface area contributed by atoms with Gasteiger partial charge < -0.3 is 14.2 Å². The fourth-order valence-electron chi connectivity index (χ4n) is 4.43. The van der Waals surface area contributed by atoms with Crippen LogP contribution in [0.4, 0.5) is 5.69 Å². The summed E-state index contributed by atoms with van der Waals surface area (Å²) in [5.41, 5.74) is 2.23. The highest BCUT2D eigenvalue weighted by Crippen LogP contribution is 2.39. The first-order valence-corrected chi connectivity index (χ1v) is 12.4. The molecule has 40 heavy (non-hydrogen) atoms. The van der Waals surface area contributed by atoms with Crippen molar-refractivity contribution in [3.05, 3.63) is 89.1 Å². The number of aliphatic imine (C=N–C) groups is 1. The highest BCUT2D eigenvalue weighted by Gasteiger charge is 2.38. The van der Waals surface area contributed by atoms with Crippen LogP contribution in [0.5, 0.6) is 17.2 Å². The van der Waals surface area contributed by atoms with E-state index in [0.717, 1.165) is 10.6 Å². The summed E-state index contributed by atoms with van der Waals surface area (Å²) in [7, 11) is 4.46. The number of amides is 3. The summed E-state index contributed by atoms with van der Waals surface area (Å²) in [6, 6.07) is 19.3. The molecule has 0 bridgehead atoms. The molecule has 0 aliphatic carbocycles. The monoisotopic (exact) mass is 538 g/mol. The Bertz CT molecular complexity index is 1590. The van der Waals surface area contributed by atoms with Crippen molar-refractivity contribution in [2.45, 2.75) is 13.3 Å². The number of hydrazone groups is 1. The van der Waals surface area contributed by atoms with Gasteiger partial charge in [0.2, 0.25) is 0 Å². The van der Waals surface area contributed by atoms with Crippen LogP contribution in [0.3, 0.4) is 0 Å². The van der Waals surface area contributed by atoms with Crippen molar-refractivity contribution in [3.63, 3.8) is 0 Å². The van der Waals surface area contributed by atoms with Gasteiger partial charge in [0.15, 0.2) is 11.5 Å². The Balaban J connectivity index is 1.69. The van der Waals surface area contributed by atoms with E-state index in [9.17, 15) is 14.4 Å². The van der Waals surface area contributed by atoms with Crippen LogP contribution in [0.25, 0.3) is 6.08 Å². The normalized spacial score (nSPS) is 15.8. The minimum Gasteiger partial charge on any atom is -0.497 e. The van der Waals surface area contributed by atoms with Crippen LogP contribution in [0.15, 0.2) is 82.5 Å². The number of carbonyl (C=O) groups excluding carboxylic acids is 3. The minimum absolute atomic E-state index is 0.0205. The number of amidine groups is 1. The van der Waals surface area contributed by atoms with E-state index in [1.54, 1.807) is 32.2 Å². The zero-order chi connectivity index (χ0) is 28.4. The van der Waals surface area contributed by atoms with Crippen molar-refractivity contribution in [1.29, 1.82) is 0 Å². The van der Waals surface area contributed by atoms with Gasteiger partial charge in [-0.05, 0) is 36.8 Å². The van der Waals surface area contributed by atoms with E-state index in [-0.39, 0.29) is 34.9 Å². The second-order valence-electron chi connectivity index (χ2n) is 8.99. The molecule has 0 fully saturated rings. The predicted molar refractivity (Wildman–Crippen MR) is 150 cm³/mol. The molecule has 10 nitrogen and oxygen atoms in total. The Kier molecular flexibility index (Phi) is 7.15. The Morgan fingerprint density at radius 1 is 0.900 bits per heavy atom. The SMILES string of the molecule is COc1ccc(/C=C2\N=C(c3ccccc3)N(c3cc(OC)c(OC)cc3C(=O)N3N=C(C)CC3=O)C2=O)cc1. The third-order valence-corrected chi connectivity index (χ3v) is 6.39. The first-order chi connectivity index (χ1) is 19.3. The lowest BCUT2D eigenvalue weighted by Gasteiger charge is -2.24. The quantitative estimate of drug-likeness (QED) is 0.328. The molecule has 3 amide bonds. The Morgan fingerprint density at radius 3 is 2.17 bits per heavy atom. The molecule has 0 unspecified atom stereocenters. The average molecular weight is 539 g/mol. The molecular formula is C30H26N4O6. The van der Waals surface area contributed by atoms with Crippen molar-refractivity contribution in [2.24, 2.45) is 10.1 Å². The maximum absolute atomic E-state index is 14.0. The third-order valence-electron chi connectivity index (χ3n) is 6.39. The summed E-state index contributed by atoms with van der Waals surface area (Å²) in [6.45, 7) is 1.67. The summed E-state index contributed by atoms with van der Waals surface area (Å²) in [5, 5.41) is 4.93. The lowest BCUT2D eigenvalue weighted by atomic mass is 10.1. The molecule has 0 saturated carbocycles. The first-order valence-electron chi connectivity index (χ1n) is 12.4.